The molecule has 0 unspecified atom stereocenters. The average Bonchev–Trinajstić information content (AvgIpc) is 2.38. The minimum atomic E-state index is -0.0937. The second-order valence-electron chi connectivity index (χ2n) is 1.74. The van der Waals surface area contributed by atoms with Crippen molar-refractivity contribution in [2.24, 2.45) is 0 Å². The van der Waals surface area contributed by atoms with E-state index >= 15 is 0 Å². The molecule has 0 spiro atoms. The van der Waals surface area contributed by atoms with E-state index in [0.29, 0.717) is 12.2 Å². The van der Waals surface area contributed by atoms with Gasteiger partial charge in [-0.25, -0.2) is 0 Å². The van der Waals surface area contributed by atoms with Gasteiger partial charge in [-0.15, -0.1) is 0 Å². The third-order valence-electron chi connectivity index (χ3n) is 1.01. The second kappa shape index (κ2) is 3.31. The first kappa shape index (κ1) is 7.21. The maximum absolute atomic E-state index is 10.9. The molecule has 0 saturated heterocycles. The Hall–Kier alpha value is -0.900. The van der Waals surface area contributed by atoms with Crippen LogP contribution < -0.4 is 5.32 Å². The van der Waals surface area contributed by atoms with E-state index in [0.717, 1.165) is 0 Å². The van der Waals surface area contributed by atoms with Crippen LogP contribution in [0.2, 0.25) is 0 Å². The van der Waals surface area contributed by atoms with Gasteiger partial charge in [-0.3, -0.25) is 4.79 Å². The number of carbonyl (C=O) groups is 1. The first-order chi connectivity index (χ1) is 4.84. The van der Waals surface area contributed by atoms with Crippen LogP contribution in [0.5, 0.6) is 0 Å². The van der Waals surface area contributed by atoms with Crippen molar-refractivity contribution in [1.82, 2.24) is 9.69 Å². The van der Waals surface area contributed by atoms with Crippen LogP contribution in [-0.2, 0) is 0 Å². The first-order valence-corrected chi connectivity index (χ1v) is 3.87. The van der Waals surface area contributed by atoms with Gasteiger partial charge in [-0.05, 0) is 24.5 Å². The summed E-state index contributed by atoms with van der Waals surface area (Å²) in [5.74, 6) is -0.0937. The number of hydrogen-bond acceptors (Lipinski definition) is 3. The van der Waals surface area contributed by atoms with Gasteiger partial charge in [-0.1, -0.05) is 0 Å². The summed E-state index contributed by atoms with van der Waals surface area (Å²) in [7, 11) is 0. The molecule has 1 aromatic heterocycles. The summed E-state index contributed by atoms with van der Waals surface area (Å²) in [5.41, 5.74) is 0.506. The van der Waals surface area contributed by atoms with Gasteiger partial charge in [0.15, 0.2) is 0 Å². The monoisotopic (exact) mass is 156 g/mol. The zero-order valence-electron chi connectivity index (χ0n) is 5.63. The molecule has 1 amide bonds. The van der Waals surface area contributed by atoms with Gasteiger partial charge in [0.05, 0.1) is 0 Å². The van der Waals surface area contributed by atoms with E-state index in [9.17, 15) is 4.79 Å². The number of nitrogens with one attached hydrogen (secondary N) is 1. The summed E-state index contributed by atoms with van der Waals surface area (Å²) in [6, 6.07) is 1.70. The van der Waals surface area contributed by atoms with E-state index < -0.39 is 0 Å². The van der Waals surface area contributed by atoms with Crippen LogP contribution in [0.4, 0.5) is 0 Å². The Bertz CT molecular complexity index is 208. The van der Waals surface area contributed by atoms with Gasteiger partial charge in [-0.2, -0.15) is 4.37 Å². The molecule has 1 aromatic rings. The lowest BCUT2D eigenvalue weighted by Crippen LogP contribution is -2.22. The SMILES string of the molecule is CCNC(=O)c1ccsn1. The minimum absolute atomic E-state index is 0.0937. The molecule has 10 heavy (non-hydrogen) atoms. The van der Waals surface area contributed by atoms with Gasteiger partial charge in [0.1, 0.15) is 5.69 Å². The lowest BCUT2D eigenvalue weighted by atomic mass is 10.4. The summed E-state index contributed by atoms with van der Waals surface area (Å²) in [6.07, 6.45) is 0. The van der Waals surface area contributed by atoms with Crippen molar-refractivity contribution in [1.29, 1.82) is 0 Å². The highest BCUT2D eigenvalue weighted by Crippen LogP contribution is 1.98. The fourth-order valence-electron chi connectivity index (χ4n) is 0.581. The number of carbonyl (C=O) groups excluding carboxylic acids is 1. The first-order valence-electron chi connectivity index (χ1n) is 3.03. The van der Waals surface area contributed by atoms with Crippen molar-refractivity contribution in [3.63, 3.8) is 0 Å². The molecular formula is C6H8N2OS. The van der Waals surface area contributed by atoms with E-state index in [2.05, 4.69) is 9.69 Å². The highest BCUT2D eigenvalue weighted by Gasteiger charge is 2.03. The van der Waals surface area contributed by atoms with Gasteiger partial charge in [0, 0.05) is 11.9 Å². The van der Waals surface area contributed by atoms with Crippen LogP contribution in [-0.4, -0.2) is 16.8 Å². The predicted molar refractivity (Wildman–Crippen MR) is 40.1 cm³/mol. The molecule has 4 heteroatoms. The third-order valence-corrected chi connectivity index (χ3v) is 1.57. The van der Waals surface area contributed by atoms with Crippen molar-refractivity contribution >= 4 is 17.4 Å². The number of rotatable bonds is 2. The summed E-state index contributed by atoms with van der Waals surface area (Å²) < 4.78 is 3.86. The molecule has 1 heterocycles. The summed E-state index contributed by atoms with van der Waals surface area (Å²) in [4.78, 5) is 10.9. The third kappa shape index (κ3) is 1.54. The smallest absolute Gasteiger partial charge is 0.270 e. The molecule has 0 aliphatic rings. The van der Waals surface area contributed by atoms with E-state index in [1.54, 1.807) is 11.4 Å². The topological polar surface area (TPSA) is 42.0 Å². The molecule has 0 aliphatic heterocycles. The maximum atomic E-state index is 10.9. The van der Waals surface area contributed by atoms with Gasteiger partial charge in [0.2, 0.25) is 0 Å². The van der Waals surface area contributed by atoms with E-state index in [1.807, 2.05) is 6.92 Å². The minimum Gasteiger partial charge on any atom is -0.351 e. The summed E-state index contributed by atoms with van der Waals surface area (Å²) in [5, 5.41) is 4.44. The molecule has 0 bridgehead atoms. The van der Waals surface area contributed by atoms with Crippen LogP contribution in [0, 0.1) is 0 Å². The van der Waals surface area contributed by atoms with Crippen molar-refractivity contribution in [2.45, 2.75) is 6.92 Å². The van der Waals surface area contributed by atoms with Crippen molar-refractivity contribution in [2.75, 3.05) is 6.54 Å². The Labute approximate surface area is 63.2 Å². The molecule has 1 N–H and O–H groups in total. The number of amides is 1. The maximum Gasteiger partial charge on any atom is 0.270 e. The molecule has 0 aromatic carbocycles. The Morgan fingerprint density at radius 3 is 3.20 bits per heavy atom. The highest BCUT2D eigenvalue weighted by molar-refractivity contribution is 7.03. The van der Waals surface area contributed by atoms with Crippen molar-refractivity contribution < 1.29 is 4.79 Å². The van der Waals surface area contributed by atoms with Crippen LogP contribution in [0.1, 0.15) is 17.4 Å². The Kier molecular flexibility index (Phi) is 2.39. The standard InChI is InChI=1S/C6H8N2OS/c1-2-7-6(9)5-3-4-10-8-5/h3-4H,2H2,1H3,(H,7,9). The summed E-state index contributed by atoms with van der Waals surface area (Å²) >= 11 is 1.28. The Morgan fingerprint density at radius 2 is 2.70 bits per heavy atom. The second-order valence-corrected chi connectivity index (χ2v) is 2.41. The lowest BCUT2D eigenvalue weighted by molar-refractivity contribution is 0.0952. The number of aromatic nitrogens is 1. The lowest BCUT2D eigenvalue weighted by Gasteiger charge is -1.94. The van der Waals surface area contributed by atoms with Crippen LogP contribution in [0.25, 0.3) is 0 Å². The fraction of sp³-hybridized carbons (Fsp3) is 0.333. The largest absolute Gasteiger partial charge is 0.351 e. The Balaban J connectivity index is 2.59. The van der Waals surface area contributed by atoms with E-state index in [4.69, 9.17) is 0 Å². The average molecular weight is 156 g/mol. The zero-order chi connectivity index (χ0) is 7.40. The summed E-state index contributed by atoms with van der Waals surface area (Å²) in [6.45, 7) is 2.53. The van der Waals surface area contributed by atoms with E-state index in [1.165, 1.54) is 11.5 Å². The predicted octanol–water partition coefficient (Wildman–Crippen LogP) is 0.893. The van der Waals surface area contributed by atoms with Crippen LogP contribution >= 0.6 is 11.5 Å². The molecule has 3 nitrogen and oxygen atoms in total. The fourth-order valence-corrected chi connectivity index (χ4v) is 1.09. The van der Waals surface area contributed by atoms with E-state index in [-0.39, 0.29) is 5.91 Å². The highest BCUT2D eigenvalue weighted by atomic mass is 32.1. The molecule has 0 radical (unpaired) electrons. The van der Waals surface area contributed by atoms with Crippen LogP contribution in [0.3, 0.4) is 0 Å². The van der Waals surface area contributed by atoms with Gasteiger partial charge < -0.3 is 5.32 Å². The molecule has 0 saturated carbocycles. The quantitative estimate of drug-likeness (QED) is 0.691. The molecule has 1 rings (SSSR count). The van der Waals surface area contributed by atoms with Crippen molar-refractivity contribution in [3.8, 4) is 0 Å². The molecule has 0 aliphatic carbocycles. The molecular weight excluding hydrogens is 148 g/mol. The number of hydrogen-bond donors (Lipinski definition) is 1. The zero-order valence-corrected chi connectivity index (χ0v) is 6.44. The van der Waals surface area contributed by atoms with Gasteiger partial charge >= 0.3 is 0 Å². The molecule has 0 atom stereocenters. The Morgan fingerprint density at radius 1 is 1.90 bits per heavy atom. The number of nitrogens with zero attached hydrogens (tertiary/aromatic N) is 1. The van der Waals surface area contributed by atoms with Gasteiger partial charge in [0.25, 0.3) is 5.91 Å². The van der Waals surface area contributed by atoms with Crippen molar-refractivity contribution in [3.05, 3.63) is 17.1 Å². The normalized spacial score (nSPS) is 9.30. The molecule has 54 valence electrons. The van der Waals surface area contributed by atoms with Crippen LogP contribution in [0.15, 0.2) is 11.4 Å². The molecule has 0 fully saturated rings.